The monoisotopic (exact) mass is 656 g/mol. The maximum Gasteiger partial charge on any atom is 0.187 e. The van der Waals surface area contributed by atoms with E-state index in [0.717, 1.165) is 59.1 Å². The van der Waals surface area contributed by atoms with Gasteiger partial charge in [-0.3, -0.25) is 0 Å². The fourth-order valence-electron chi connectivity index (χ4n) is 9.58. The fraction of sp³-hybridized carbons (Fsp3) is 0.442. The van der Waals surface area contributed by atoms with Crippen LogP contribution in [0, 0.1) is 29.6 Å². The van der Waals surface area contributed by atoms with E-state index in [2.05, 4.69) is 66.4 Å². The summed E-state index contributed by atoms with van der Waals surface area (Å²) in [6, 6.07) is 34.9. The van der Waals surface area contributed by atoms with Crippen molar-refractivity contribution in [3.63, 3.8) is 0 Å². The van der Waals surface area contributed by atoms with Crippen LogP contribution in [0.3, 0.4) is 0 Å². The van der Waals surface area contributed by atoms with Crippen molar-refractivity contribution in [1.29, 1.82) is 0 Å². The molecule has 6 atom stereocenters. The molecule has 4 bridgehead atoms. The summed E-state index contributed by atoms with van der Waals surface area (Å²) >= 11 is 0. The Morgan fingerprint density at radius 3 is 2.16 bits per heavy atom. The number of ether oxygens (including phenoxy) is 6. The molecule has 6 fully saturated rings. The Morgan fingerprint density at radius 2 is 1.39 bits per heavy atom. The lowest BCUT2D eigenvalue weighted by Gasteiger charge is -2.58. The molecule has 4 aromatic rings. The zero-order valence-electron chi connectivity index (χ0n) is 27.8. The lowest BCUT2D eigenvalue weighted by atomic mass is 9.54. The molecule has 6 heteroatoms. The van der Waals surface area contributed by atoms with Crippen molar-refractivity contribution in [3.05, 3.63) is 120 Å². The minimum atomic E-state index is -0.613. The van der Waals surface area contributed by atoms with E-state index >= 15 is 0 Å². The number of fused-ring (bicyclic) bond motifs is 2. The van der Waals surface area contributed by atoms with Crippen LogP contribution in [0.5, 0.6) is 0 Å². The van der Waals surface area contributed by atoms with Crippen molar-refractivity contribution < 1.29 is 28.4 Å². The van der Waals surface area contributed by atoms with Gasteiger partial charge in [-0.25, -0.2) is 0 Å². The van der Waals surface area contributed by atoms with Crippen LogP contribution in [0.15, 0.2) is 103 Å². The van der Waals surface area contributed by atoms with Crippen molar-refractivity contribution in [2.24, 2.45) is 17.8 Å². The first-order chi connectivity index (χ1) is 24.2. The van der Waals surface area contributed by atoms with Crippen LogP contribution in [0.2, 0.25) is 0 Å². The van der Waals surface area contributed by atoms with E-state index in [9.17, 15) is 0 Å². The molecule has 0 aromatic heterocycles. The summed E-state index contributed by atoms with van der Waals surface area (Å²) in [5.41, 5.74) is 2.85. The van der Waals surface area contributed by atoms with Crippen LogP contribution < -0.4 is 0 Å². The van der Waals surface area contributed by atoms with Crippen LogP contribution in [0.25, 0.3) is 10.8 Å². The second kappa shape index (κ2) is 13.6. The molecule has 6 aliphatic rings. The van der Waals surface area contributed by atoms with Crippen molar-refractivity contribution in [2.45, 2.75) is 87.7 Å². The predicted octanol–water partition coefficient (Wildman–Crippen LogP) is 7.99. The number of benzene rings is 4. The number of hydrogen-bond acceptors (Lipinski definition) is 6. The first kappa shape index (κ1) is 31.4. The van der Waals surface area contributed by atoms with E-state index in [4.69, 9.17) is 28.4 Å². The highest BCUT2D eigenvalue weighted by Crippen LogP contribution is 2.58. The van der Waals surface area contributed by atoms with Crippen LogP contribution in [0.1, 0.15) is 61.5 Å². The summed E-state index contributed by atoms with van der Waals surface area (Å²) < 4.78 is 40.7. The van der Waals surface area contributed by atoms with Crippen molar-refractivity contribution in [2.75, 3.05) is 13.2 Å². The predicted molar refractivity (Wildman–Crippen MR) is 186 cm³/mol. The molecule has 2 saturated heterocycles. The van der Waals surface area contributed by atoms with Crippen LogP contribution in [-0.4, -0.2) is 49.5 Å². The Morgan fingerprint density at radius 1 is 0.694 bits per heavy atom. The summed E-state index contributed by atoms with van der Waals surface area (Å²) in [6.07, 6.45) is 4.37. The molecule has 4 saturated carbocycles. The van der Waals surface area contributed by atoms with Crippen molar-refractivity contribution >= 4 is 10.8 Å². The molecule has 1 unspecified atom stereocenters. The smallest absolute Gasteiger partial charge is 0.187 e. The minimum absolute atomic E-state index is 0.178. The van der Waals surface area contributed by atoms with E-state index in [0.29, 0.717) is 13.2 Å². The van der Waals surface area contributed by atoms with E-state index in [1.54, 1.807) is 0 Å². The third kappa shape index (κ3) is 6.57. The average molecular weight is 657 g/mol. The normalized spacial score (nSPS) is 34.7. The highest BCUT2D eigenvalue weighted by atomic mass is 16.8. The third-order valence-corrected chi connectivity index (χ3v) is 11.3. The van der Waals surface area contributed by atoms with Gasteiger partial charge in [0, 0.05) is 11.1 Å². The van der Waals surface area contributed by atoms with Crippen LogP contribution in [0.4, 0.5) is 0 Å². The Bertz CT molecular complexity index is 1760. The summed E-state index contributed by atoms with van der Waals surface area (Å²) in [4.78, 5) is 0. The zero-order valence-corrected chi connectivity index (χ0v) is 27.8. The van der Waals surface area contributed by atoms with Gasteiger partial charge in [-0.2, -0.15) is 0 Å². The number of rotatable bonds is 8. The molecule has 2 aliphatic heterocycles. The Balaban J connectivity index is 1.03. The summed E-state index contributed by atoms with van der Waals surface area (Å²) in [5, 5.41) is 2.30. The van der Waals surface area contributed by atoms with Gasteiger partial charge in [0.25, 0.3) is 0 Å². The molecule has 6 nitrogen and oxygen atoms in total. The van der Waals surface area contributed by atoms with Gasteiger partial charge >= 0.3 is 0 Å². The average Bonchev–Trinajstić information content (AvgIpc) is 3.13. The van der Waals surface area contributed by atoms with Crippen molar-refractivity contribution in [3.8, 4) is 11.8 Å². The van der Waals surface area contributed by atoms with E-state index in [1.165, 1.54) is 24.6 Å². The number of hydrogen-bond donors (Lipinski definition) is 0. The lowest BCUT2D eigenvalue weighted by molar-refractivity contribution is -0.389. The molecule has 4 aromatic carbocycles. The van der Waals surface area contributed by atoms with Gasteiger partial charge in [0.15, 0.2) is 12.6 Å². The molecule has 0 radical (unpaired) electrons. The highest BCUT2D eigenvalue weighted by Gasteiger charge is 2.57. The Kier molecular flexibility index (Phi) is 8.75. The molecule has 0 N–H and O–H groups in total. The molecule has 0 spiro atoms. The highest BCUT2D eigenvalue weighted by molar-refractivity contribution is 5.88. The van der Waals surface area contributed by atoms with E-state index < -0.39 is 30.9 Å². The third-order valence-electron chi connectivity index (χ3n) is 11.3. The molecule has 49 heavy (non-hydrogen) atoms. The Hall–Kier alpha value is -3.54. The SMILES string of the molecule is C(#Cc1cccc2ccccc12)CO[C@@H]1[C@H](OCc2ccccc2)[C@H](OC23CC4CC(CC(C4)C2)C3)O[C@@H]2COC(c3ccccc3)O[C@@H]12. The summed E-state index contributed by atoms with van der Waals surface area (Å²) in [5.74, 6) is 8.93. The molecule has 252 valence electrons. The first-order valence-corrected chi connectivity index (χ1v) is 18.1. The first-order valence-electron chi connectivity index (χ1n) is 18.1. The molecule has 4 aliphatic carbocycles. The second-order valence-corrected chi connectivity index (χ2v) is 14.8. The minimum Gasteiger partial charge on any atom is -0.365 e. The molecular formula is C43H44O6. The second-order valence-electron chi connectivity index (χ2n) is 14.8. The van der Waals surface area contributed by atoms with Gasteiger partial charge in [0.05, 0.1) is 18.8 Å². The van der Waals surface area contributed by atoms with Gasteiger partial charge in [0.1, 0.15) is 31.0 Å². The standard InChI is InChI=1S/C43H44O6/c1-3-11-29(12-4-1)27-45-40-39(44-20-10-18-34-17-9-16-33-13-7-8-19-36(33)34)38-37(28-46-41(48-38)35-14-5-2-6-15-35)47-42(40)49-43-24-30-21-31(25-43)23-32(22-30)26-43/h1-9,11-17,19,30-32,37-42H,20-28H2/t30?,31?,32?,37-,38-,39+,40+,41?,42+,43?/m1/s1. The quantitative estimate of drug-likeness (QED) is 0.179. The van der Waals surface area contributed by atoms with Gasteiger partial charge in [-0.05, 0) is 78.7 Å². The molecule has 0 amide bonds. The molecular weight excluding hydrogens is 612 g/mol. The summed E-state index contributed by atoms with van der Waals surface area (Å²) in [7, 11) is 0. The topological polar surface area (TPSA) is 55.4 Å². The van der Waals surface area contributed by atoms with Gasteiger partial charge in [0.2, 0.25) is 0 Å². The fourth-order valence-corrected chi connectivity index (χ4v) is 9.58. The van der Waals surface area contributed by atoms with Crippen LogP contribution in [-0.2, 0) is 35.0 Å². The zero-order chi connectivity index (χ0) is 32.6. The molecule has 2 heterocycles. The maximum atomic E-state index is 7.23. The van der Waals surface area contributed by atoms with Gasteiger partial charge < -0.3 is 28.4 Å². The lowest BCUT2D eigenvalue weighted by Crippen LogP contribution is -2.65. The van der Waals surface area contributed by atoms with E-state index in [-0.39, 0.29) is 18.3 Å². The largest absolute Gasteiger partial charge is 0.365 e. The Labute approximate surface area is 289 Å². The summed E-state index contributed by atoms with van der Waals surface area (Å²) in [6.45, 7) is 0.998. The molecule has 10 rings (SSSR count). The van der Waals surface area contributed by atoms with Crippen molar-refractivity contribution in [1.82, 2.24) is 0 Å². The van der Waals surface area contributed by atoms with Gasteiger partial charge in [-0.15, -0.1) is 0 Å². The van der Waals surface area contributed by atoms with Crippen LogP contribution >= 0.6 is 0 Å². The van der Waals surface area contributed by atoms with E-state index in [1.807, 2.05) is 48.5 Å². The maximum absolute atomic E-state index is 7.23. The van der Waals surface area contributed by atoms with Gasteiger partial charge in [-0.1, -0.05) is 109 Å².